The minimum Gasteiger partial charge on any atom is -0.268 e. The maximum atomic E-state index is 13.1. The standard InChI is InChI=1S/C22H18FN3OS2/c1-15-6-11-20(24-14-15)26-21(27)18-4-2-3-5-19(18)25-22(26)29-13-12-28-17-9-7-16(23)8-10-17/h2-11,14H,12-13H2,1H3. The maximum absolute atomic E-state index is 13.1. The van der Waals surface area contributed by atoms with Gasteiger partial charge in [0, 0.05) is 22.6 Å². The van der Waals surface area contributed by atoms with Gasteiger partial charge in [-0.2, -0.15) is 0 Å². The fraction of sp³-hybridized carbons (Fsp3) is 0.136. The van der Waals surface area contributed by atoms with E-state index in [1.54, 1.807) is 40.7 Å². The molecule has 0 radical (unpaired) electrons. The molecule has 4 nitrogen and oxygen atoms in total. The van der Waals surface area contributed by atoms with Crippen LogP contribution in [0.3, 0.4) is 0 Å². The van der Waals surface area contributed by atoms with E-state index in [1.165, 1.54) is 23.9 Å². The Morgan fingerprint density at radius 3 is 2.48 bits per heavy atom. The first-order valence-corrected chi connectivity index (χ1v) is 11.0. The molecular formula is C22H18FN3OS2. The minimum atomic E-state index is -0.237. The van der Waals surface area contributed by atoms with Gasteiger partial charge >= 0.3 is 0 Å². The first-order valence-electron chi connectivity index (χ1n) is 9.08. The van der Waals surface area contributed by atoms with E-state index in [2.05, 4.69) is 4.98 Å². The molecule has 2 heterocycles. The molecule has 0 aliphatic heterocycles. The molecule has 2 aromatic carbocycles. The number of aromatic nitrogens is 3. The number of benzene rings is 2. The van der Waals surface area contributed by atoms with Gasteiger partial charge in [-0.15, -0.1) is 11.8 Å². The van der Waals surface area contributed by atoms with Crippen molar-refractivity contribution in [1.82, 2.24) is 14.5 Å². The van der Waals surface area contributed by atoms with Crippen LogP contribution in [0.25, 0.3) is 16.7 Å². The number of pyridine rings is 1. The number of hydrogen-bond donors (Lipinski definition) is 0. The molecule has 4 rings (SSSR count). The average Bonchev–Trinajstić information content (AvgIpc) is 2.74. The van der Waals surface area contributed by atoms with Gasteiger partial charge in [0.05, 0.1) is 10.9 Å². The Morgan fingerprint density at radius 2 is 1.72 bits per heavy atom. The lowest BCUT2D eigenvalue weighted by atomic mass is 10.2. The number of halogens is 1. The highest BCUT2D eigenvalue weighted by Gasteiger charge is 2.14. The zero-order valence-corrected chi connectivity index (χ0v) is 17.3. The molecule has 146 valence electrons. The average molecular weight is 424 g/mol. The maximum Gasteiger partial charge on any atom is 0.267 e. The Balaban J connectivity index is 1.61. The zero-order chi connectivity index (χ0) is 20.2. The molecule has 0 fully saturated rings. The Labute approximate surface area is 176 Å². The van der Waals surface area contributed by atoms with Crippen LogP contribution in [0.5, 0.6) is 0 Å². The van der Waals surface area contributed by atoms with E-state index in [0.717, 1.165) is 22.0 Å². The lowest BCUT2D eigenvalue weighted by molar-refractivity contribution is 0.626. The monoisotopic (exact) mass is 423 g/mol. The predicted molar refractivity (Wildman–Crippen MR) is 118 cm³/mol. The van der Waals surface area contributed by atoms with Crippen LogP contribution in [0, 0.1) is 12.7 Å². The molecule has 0 N–H and O–H groups in total. The summed E-state index contributed by atoms with van der Waals surface area (Å²) in [5.74, 6) is 1.88. The molecule has 0 aliphatic carbocycles. The molecule has 2 aromatic heterocycles. The first-order chi connectivity index (χ1) is 14.1. The van der Waals surface area contributed by atoms with Crippen molar-refractivity contribution < 1.29 is 4.39 Å². The van der Waals surface area contributed by atoms with E-state index in [4.69, 9.17) is 4.98 Å². The lowest BCUT2D eigenvalue weighted by Gasteiger charge is -2.12. The third kappa shape index (κ3) is 4.52. The van der Waals surface area contributed by atoms with E-state index < -0.39 is 0 Å². The smallest absolute Gasteiger partial charge is 0.267 e. The summed E-state index contributed by atoms with van der Waals surface area (Å²) in [7, 11) is 0. The summed E-state index contributed by atoms with van der Waals surface area (Å²) in [6, 6.07) is 17.6. The summed E-state index contributed by atoms with van der Waals surface area (Å²) in [5, 5.41) is 1.18. The molecule has 4 aromatic rings. The van der Waals surface area contributed by atoms with Crippen molar-refractivity contribution in [2.24, 2.45) is 0 Å². The molecule has 0 saturated carbocycles. The molecule has 29 heavy (non-hydrogen) atoms. The van der Waals surface area contributed by atoms with Crippen LogP contribution in [0.2, 0.25) is 0 Å². The second-order valence-corrected chi connectivity index (χ2v) is 8.63. The van der Waals surface area contributed by atoms with Gasteiger partial charge in [-0.3, -0.25) is 4.79 Å². The number of rotatable bonds is 6. The van der Waals surface area contributed by atoms with Gasteiger partial charge in [-0.25, -0.2) is 18.9 Å². The van der Waals surface area contributed by atoms with E-state index in [-0.39, 0.29) is 11.4 Å². The highest BCUT2D eigenvalue weighted by atomic mass is 32.2. The quantitative estimate of drug-likeness (QED) is 0.245. The van der Waals surface area contributed by atoms with Crippen LogP contribution >= 0.6 is 23.5 Å². The summed E-state index contributed by atoms with van der Waals surface area (Å²) < 4.78 is 14.6. The summed E-state index contributed by atoms with van der Waals surface area (Å²) in [5.41, 5.74) is 1.58. The van der Waals surface area contributed by atoms with Gasteiger partial charge in [0.1, 0.15) is 11.6 Å². The second-order valence-electron chi connectivity index (χ2n) is 6.40. The molecule has 0 amide bonds. The molecular weight excluding hydrogens is 405 g/mol. The largest absolute Gasteiger partial charge is 0.268 e. The summed E-state index contributed by atoms with van der Waals surface area (Å²) in [4.78, 5) is 23.3. The fourth-order valence-corrected chi connectivity index (χ4v) is 4.71. The number of aryl methyl sites for hydroxylation is 1. The summed E-state index contributed by atoms with van der Waals surface area (Å²) >= 11 is 3.16. The number of thioether (sulfide) groups is 2. The molecule has 0 spiro atoms. The fourth-order valence-electron chi connectivity index (χ4n) is 2.83. The van der Waals surface area contributed by atoms with Gasteiger partial charge in [-0.1, -0.05) is 30.0 Å². The van der Waals surface area contributed by atoms with Gasteiger partial charge in [0.25, 0.3) is 5.56 Å². The van der Waals surface area contributed by atoms with Crippen LogP contribution in [0.1, 0.15) is 5.56 Å². The molecule has 0 bridgehead atoms. The van der Waals surface area contributed by atoms with Crippen LogP contribution in [0.15, 0.2) is 81.7 Å². The predicted octanol–water partition coefficient (Wildman–Crippen LogP) is 5.11. The normalized spacial score (nSPS) is 11.1. The zero-order valence-electron chi connectivity index (χ0n) is 15.7. The first kappa shape index (κ1) is 19.7. The highest BCUT2D eigenvalue weighted by molar-refractivity contribution is 8.02. The molecule has 0 saturated heterocycles. The Morgan fingerprint density at radius 1 is 0.966 bits per heavy atom. The van der Waals surface area contributed by atoms with Gasteiger partial charge in [0.15, 0.2) is 5.16 Å². The molecule has 0 aliphatic rings. The molecule has 0 unspecified atom stereocenters. The SMILES string of the molecule is Cc1ccc(-n2c(SCCSc3ccc(F)cc3)nc3ccccc3c2=O)nc1. The third-order valence-electron chi connectivity index (χ3n) is 4.27. The van der Waals surface area contributed by atoms with Gasteiger partial charge in [-0.05, 0) is 55.0 Å². The van der Waals surface area contributed by atoms with Crippen LogP contribution < -0.4 is 5.56 Å². The summed E-state index contributed by atoms with van der Waals surface area (Å²) in [6.45, 7) is 1.96. The van der Waals surface area contributed by atoms with Crippen LogP contribution in [-0.2, 0) is 0 Å². The molecule has 0 atom stereocenters. The third-order valence-corrected chi connectivity index (χ3v) is 6.48. The second kappa shape index (κ2) is 8.80. The van der Waals surface area contributed by atoms with E-state index in [9.17, 15) is 9.18 Å². The number of hydrogen-bond acceptors (Lipinski definition) is 5. The van der Waals surface area contributed by atoms with Crippen molar-refractivity contribution in [2.75, 3.05) is 11.5 Å². The number of para-hydroxylation sites is 1. The van der Waals surface area contributed by atoms with Crippen molar-refractivity contribution in [3.8, 4) is 5.82 Å². The van der Waals surface area contributed by atoms with Gasteiger partial charge < -0.3 is 0 Å². The van der Waals surface area contributed by atoms with Crippen LogP contribution in [0.4, 0.5) is 4.39 Å². The number of fused-ring (bicyclic) bond motifs is 1. The van der Waals surface area contributed by atoms with Crippen molar-refractivity contribution in [3.05, 3.63) is 88.6 Å². The Hall–Kier alpha value is -2.64. The van der Waals surface area contributed by atoms with E-state index >= 15 is 0 Å². The van der Waals surface area contributed by atoms with Crippen molar-refractivity contribution >= 4 is 34.4 Å². The van der Waals surface area contributed by atoms with Crippen molar-refractivity contribution in [1.29, 1.82) is 0 Å². The van der Waals surface area contributed by atoms with Crippen molar-refractivity contribution in [2.45, 2.75) is 17.0 Å². The van der Waals surface area contributed by atoms with Crippen LogP contribution in [-0.4, -0.2) is 26.0 Å². The lowest BCUT2D eigenvalue weighted by Crippen LogP contribution is -2.22. The molecule has 7 heteroatoms. The van der Waals surface area contributed by atoms with E-state index in [0.29, 0.717) is 21.9 Å². The summed E-state index contributed by atoms with van der Waals surface area (Å²) in [6.07, 6.45) is 1.75. The Kier molecular flexibility index (Phi) is 5.97. The number of nitrogens with zero attached hydrogens (tertiary/aromatic N) is 3. The van der Waals surface area contributed by atoms with Crippen molar-refractivity contribution in [3.63, 3.8) is 0 Å². The minimum absolute atomic E-state index is 0.124. The highest BCUT2D eigenvalue weighted by Crippen LogP contribution is 2.24. The van der Waals surface area contributed by atoms with E-state index in [1.807, 2.05) is 37.3 Å². The Bertz CT molecular complexity index is 1190. The van der Waals surface area contributed by atoms with Gasteiger partial charge in [0.2, 0.25) is 0 Å². The topological polar surface area (TPSA) is 47.8 Å².